The van der Waals surface area contributed by atoms with Crippen molar-refractivity contribution in [2.75, 3.05) is 54.4 Å². The number of amides is 1. The molecule has 1 fully saturated rings. The number of nitrogens with zero attached hydrogens (tertiary/aromatic N) is 3. The van der Waals surface area contributed by atoms with Crippen LogP contribution in [0, 0.1) is 0 Å². The first-order valence-corrected chi connectivity index (χ1v) is 13.3. The van der Waals surface area contributed by atoms with E-state index in [9.17, 15) is 4.79 Å². The summed E-state index contributed by atoms with van der Waals surface area (Å²) in [6, 6.07) is 11.3. The van der Waals surface area contributed by atoms with Gasteiger partial charge in [-0.25, -0.2) is 4.79 Å². The molecular weight excluding hydrogens is 444 g/mol. The van der Waals surface area contributed by atoms with Crippen LogP contribution >= 0.6 is 11.8 Å². The molecule has 6 nitrogen and oxygen atoms in total. The molecule has 0 atom stereocenters. The Balaban J connectivity index is 1.50. The Morgan fingerprint density at radius 2 is 1.74 bits per heavy atom. The van der Waals surface area contributed by atoms with Crippen LogP contribution in [0.4, 0.5) is 27.5 Å². The third kappa shape index (κ3) is 5.24. The third-order valence-corrected chi connectivity index (χ3v) is 7.52. The summed E-state index contributed by atoms with van der Waals surface area (Å²) in [5.74, 6) is 0. The highest BCUT2D eigenvalue weighted by atomic mass is 32.2. The van der Waals surface area contributed by atoms with Gasteiger partial charge in [0.2, 0.25) is 0 Å². The van der Waals surface area contributed by atoms with Gasteiger partial charge in [0.1, 0.15) is 5.60 Å². The van der Waals surface area contributed by atoms with Gasteiger partial charge in [-0.05, 0) is 76.9 Å². The first-order valence-electron chi connectivity index (χ1n) is 12.5. The molecule has 0 bridgehead atoms. The van der Waals surface area contributed by atoms with Gasteiger partial charge in [0, 0.05) is 60.4 Å². The molecule has 4 rings (SSSR count). The molecule has 0 aliphatic carbocycles. The number of hydrogen-bond donors (Lipinski definition) is 1. The zero-order chi connectivity index (χ0) is 24.5. The van der Waals surface area contributed by atoms with E-state index in [1.807, 2.05) is 37.4 Å². The molecule has 0 saturated carbocycles. The van der Waals surface area contributed by atoms with E-state index in [1.165, 1.54) is 38.1 Å². The highest BCUT2D eigenvalue weighted by molar-refractivity contribution is 7.99. The van der Waals surface area contributed by atoms with Crippen molar-refractivity contribution in [1.82, 2.24) is 4.90 Å². The Kier molecular flexibility index (Phi) is 7.22. The molecule has 0 radical (unpaired) electrons. The molecule has 0 aromatic heterocycles. The Morgan fingerprint density at radius 1 is 1.03 bits per heavy atom. The smallest absolute Gasteiger partial charge is 0.410 e. The van der Waals surface area contributed by atoms with Gasteiger partial charge in [0.05, 0.1) is 11.4 Å². The molecular formula is C27H38N4O2S. The van der Waals surface area contributed by atoms with Crippen molar-refractivity contribution in [2.45, 2.75) is 63.4 Å². The van der Waals surface area contributed by atoms with E-state index in [2.05, 4.69) is 66.2 Å². The molecule has 2 heterocycles. The lowest BCUT2D eigenvalue weighted by Crippen LogP contribution is -2.50. The molecule has 1 amide bonds. The second-order valence-electron chi connectivity index (χ2n) is 9.87. The van der Waals surface area contributed by atoms with Gasteiger partial charge in [-0.1, -0.05) is 18.7 Å². The first-order chi connectivity index (χ1) is 16.2. The quantitative estimate of drug-likeness (QED) is 0.457. The number of ether oxygens (including phenoxy) is 1. The van der Waals surface area contributed by atoms with Gasteiger partial charge in [-0.3, -0.25) is 0 Å². The lowest BCUT2D eigenvalue weighted by atomic mass is 10.1. The van der Waals surface area contributed by atoms with Gasteiger partial charge in [-0.2, -0.15) is 0 Å². The summed E-state index contributed by atoms with van der Waals surface area (Å²) in [5.41, 5.74) is 5.81. The van der Waals surface area contributed by atoms with Crippen LogP contribution in [-0.4, -0.2) is 55.9 Å². The highest BCUT2D eigenvalue weighted by Crippen LogP contribution is 2.48. The lowest BCUT2D eigenvalue weighted by Gasteiger charge is -2.37. The van der Waals surface area contributed by atoms with E-state index < -0.39 is 5.60 Å². The van der Waals surface area contributed by atoms with Crippen molar-refractivity contribution >= 4 is 40.6 Å². The topological polar surface area (TPSA) is 48.0 Å². The predicted octanol–water partition coefficient (Wildman–Crippen LogP) is 6.36. The number of carbonyl (C=O) groups excluding carboxylic acids is 1. The van der Waals surface area contributed by atoms with Crippen LogP contribution in [0.2, 0.25) is 0 Å². The minimum atomic E-state index is -0.462. The maximum Gasteiger partial charge on any atom is 0.410 e. The number of carbonyl (C=O) groups is 1. The summed E-state index contributed by atoms with van der Waals surface area (Å²) in [6.07, 6.45) is 0.782. The fourth-order valence-corrected chi connectivity index (χ4v) is 5.66. The summed E-state index contributed by atoms with van der Waals surface area (Å²) in [6.45, 7) is 17.3. The fraction of sp³-hybridized carbons (Fsp3) is 0.519. The van der Waals surface area contributed by atoms with Crippen LogP contribution in [0.1, 0.15) is 47.1 Å². The number of anilines is 4. The SMILES string of the molecule is CCc1cc(N(CC)CC)cc2c1Nc1ccc(N3CCN(C(=O)OC(C)(C)C)CC3)cc1S2. The average Bonchev–Trinajstić information content (AvgIpc) is 2.81. The van der Waals surface area contributed by atoms with Gasteiger partial charge in [0.25, 0.3) is 0 Å². The normalized spacial score (nSPS) is 15.4. The van der Waals surface area contributed by atoms with Gasteiger partial charge in [-0.15, -0.1) is 0 Å². The molecule has 1 N–H and O–H groups in total. The number of fused-ring (bicyclic) bond motifs is 2. The van der Waals surface area contributed by atoms with Crippen molar-refractivity contribution in [3.8, 4) is 0 Å². The minimum Gasteiger partial charge on any atom is -0.444 e. The summed E-state index contributed by atoms with van der Waals surface area (Å²) in [4.78, 5) is 21.5. The van der Waals surface area contributed by atoms with Crippen LogP contribution in [0.15, 0.2) is 40.1 Å². The van der Waals surface area contributed by atoms with E-state index in [0.717, 1.165) is 32.6 Å². The molecule has 2 aliphatic heterocycles. The molecule has 2 aromatic carbocycles. The number of piperazine rings is 1. The number of hydrogen-bond acceptors (Lipinski definition) is 6. The molecule has 0 unspecified atom stereocenters. The van der Waals surface area contributed by atoms with Gasteiger partial charge < -0.3 is 24.8 Å². The molecule has 1 saturated heterocycles. The van der Waals surface area contributed by atoms with Gasteiger partial charge in [0.15, 0.2) is 0 Å². The summed E-state index contributed by atoms with van der Waals surface area (Å²) in [7, 11) is 0. The standard InChI is InChI=1S/C27H38N4O2S/c1-7-19-16-21(29(8-2)9-3)18-24-25(19)28-22-11-10-20(17-23(22)34-24)30-12-14-31(15-13-30)26(32)33-27(4,5)6/h10-11,16-18,28H,7-9,12-15H2,1-6H3. The summed E-state index contributed by atoms with van der Waals surface area (Å²) in [5, 5.41) is 3.71. The third-order valence-electron chi connectivity index (χ3n) is 6.42. The van der Waals surface area contributed by atoms with Crippen LogP contribution in [0.3, 0.4) is 0 Å². The van der Waals surface area contributed by atoms with Crippen molar-refractivity contribution in [1.29, 1.82) is 0 Å². The Labute approximate surface area is 208 Å². The predicted molar refractivity (Wildman–Crippen MR) is 143 cm³/mol. The van der Waals surface area contributed by atoms with Gasteiger partial charge >= 0.3 is 6.09 Å². The second kappa shape index (κ2) is 9.98. The van der Waals surface area contributed by atoms with Crippen molar-refractivity contribution in [2.24, 2.45) is 0 Å². The van der Waals surface area contributed by atoms with Crippen molar-refractivity contribution in [3.63, 3.8) is 0 Å². The van der Waals surface area contributed by atoms with E-state index >= 15 is 0 Å². The number of rotatable bonds is 5. The van der Waals surface area contributed by atoms with Crippen LogP contribution in [0.5, 0.6) is 0 Å². The van der Waals surface area contributed by atoms with Crippen LogP contribution in [-0.2, 0) is 11.2 Å². The Hall–Kier alpha value is -2.54. The Morgan fingerprint density at radius 3 is 2.35 bits per heavy atom. The van der Waals surface area contributed by atoms with E-state index in [0.29, 0.717) is 13.1 Å². The molecule has 2 aromatic rings. The zero-order valence-electron chi connectivity index (χ0n) is 21.4. The molecule has 2 aliphatic rings. The molecule has 0 spiro atoms. The summed E-state index contributed by atoms with van der Waals surface area (Å²) >= 11 is 1.85. The maximum atomic E-state index is 12.4. The number of aryl methyl sites for hydroxylation is 1. The summed E-state index contributed by atoms with van der Waals surface area (Å²) < 4.78 is 5.54. The molecule has 7 heteroatoms. The monoisotopic (exact) mass is 482 g/mol. The first kappa shape index (κ1) is 24.6. The minimum absolute atomic E-state index is 0.218. The molecule has 34 heavy (non-hydrogen) atoms. The number of benzene rings is 2. The molecule has 184 valence electrons. The fourth-order valence-electron chi connectivity index (χ4n) is 4.55. The second-order valence-corrected chi connectivity index (χ2v) is 10.9. The average molecular weight is 483 g/mol. The maximum absolute atomic E-state index is 12.4. The van der Waals surface area contributed by atoms with Crippen molar-refractivity contribution < 1.29 is 9.53 Å². The van der Waals surface area contributed by atoms with E-state index in [1.54, 1.807) is 0 Å². The van der Waals surface area contributed by atoms with E-state index in [4.69, 9.17) is 4.74 Å². The largest absolute Gasteiger partial charge is 0.444 e. The van der Waals surface area contributed by atoms with Crippen LogP contribution < -0.4 is 15.1 Å². The van der Waals surface area contributed by atoms with Crippen molar-refractivity contribution in [3.05, 3.63) is 35.9 Å². The zero-order valence-corrected chi connectivity index (χ0v) is 22.2. The van der Waals surface area contributed by atoms with Crippen LogP contribution in [0.25, 0.3) is 0 Å². The lowest BCUT2D eigenvalue weighted by molar-refractivity contribution is 0.0240. The van der Waals surface area contributed by atoms with E-state index in [-0.39, 0.29) is 6.09 Å². The Bertz CT molecular complexity index is 1040. The highest BCUT2D eigenvalue weighted by Gasteiger charge is 2.27. The number of nitrogens with one attached hydrogen (secondary N) is 1.